The number of anilines is 4. The number of benzene rings is 8. The maximum absolute atomic E-state index is 6.93. The lowest BCUT2D eigenvalue weighted by Crippen LogP contribution is -2.18. The van der Waals surface area contributed by atoms with E-state index in [1.54, 1.807) is 0 Å². The maximum Gasteiger partial charge on any atom is 0.159 e. The van der Waals surface area contributed by atoms with Crippen LogP contribution in [0.25, 0.3) is 66.1 Å². The van der Waals surface area contributed by atoms with Crippen molar-refractivity contribution in [2.75, 3.05) is 10.6 Å². The van der Waals surface area contributed by atoms with E-state index in [1.165, 1.54) is 44.5 Å². The van der Waals surface area contributed by atoms with Crippen molar-refractivity contribution in [1.29, 1.82) is 0 Å². The lowest BCUT2D eigenvalue weighted by Gasteiger charge is -2.30. The fraction of sp³-hybridized carbons (Fsp3) is 0.115. The van der Waals surface area contributed by atoms with Gasteiger partial charge in [0.1, 0.15) is 5.58 Å². The van der Waals surface area contributed by atoms with E-state index in [9.17, 15) is 0 Å². The van der Waals surface area contributed by atoms with Crippen molar-refractivity contribution >= 4 is 55.5 Å². The molecular formula is C52H40N2O. The van der Waals surface area contributed by atoms with Gasteiger partial charge in [0.25, 0.3) is 0 Å². The fourth-order valence-corrected chi connectivity index (χ4v) is 9.73. The summed E-state index contributed by atoms with van der Waals surface area (Å²) in [5.41, 5.74) is 24.8. The summed E-state index contributed by atoms with van der Waals surface area (Å²) in [6.07, 6.45) is 0. The number of fused-ring (bicyclic) bond motifs is 10. The summed E-state index contributed by atoms with van der Waals surface area (Å²) >= 11 is 0. The number of nitrogen functional groups attached to an aromatic ring is 1. The molecule has 3 nitrogen and oxygen atoms in total. The second-order valence-electron chi connectivity index (χ2n) is 16.4. The van der Waals surface area contributed by atoms with Crippen LogP contribution in [0.15, 0.2) is 162 Å². The van der Waals surface area contributed by atoms with Crippen LogP contribution in [-0.4, -0.2) is 0 Å². The van der Waals surface area contributed by atoms with E-state index in [1.807, 2.05) is 6.07 Å². The van der Waals surface area contributed by atoms with E-state index in [2.05, 4.69) is 184 Å². The molecule has 1 aromatic heterocycles. The van der Waals surface area contributed by atoms with Gasteiger partial charge in [0, 0.05) is 44.2 Å². The first-order valence-corrected chi connectivity index (χ1v) is 19.2. The molecule has 8 aromatic carbocycles. The van der Waals surface area contributed by atoms with Crippen LogP contribution in [0.2, 0.25) is 0 Å². The number of nitrogens with zero attached hydrogens (tertiary/aromatic N) is 1. The third-order valence-electron chi connectivity index (χ3n) is 12.6. The zero-order valence-corrected chi connectivity index (χ0v) is 31.4. The van der Waals surface area contributed by atoms with Crippen LogP contribution < -0.4 is 10.6 Å². The second-order valence-corrected chi connectivity index (χ2v) is 16.4. The highest BCUT2D eigenvalue weighted by atomic mass is 16.3. The molecule has 0 aliphatic heterocycles. The van der Waals surface area contributed by atoms with Crippen LogP contribution in [-0.2, 0) is 10.8 Å². The minimum absolute atomic E-state index is 0.161. The summed E-state index contributed by atoms with van der Waals surface area (Å²) in [5, 5.41) is 4.42. The molecule has 0 atom stereocenters. The van der Waals surface area contributed by atoms with E-state index in [0.29, 0.717) is 0 Å². The highest BCUT2D eigenvalue weighted by Gasteiger charge is 2.38. The Balaban J connectivity index is 1.21. The molecular weight excluding hydrogens is 669 g/mol. The minimum Gasteiger partial charge on any atom is -0.454 e. The van der Waals surface area contributed by atoms with Crippen molar-refractivity contribution in [2.45, 2.75) is 38.5 Å². The van der Waals surface area contributed by atoms with Gasteiger partial charge in [-0.05, 0) is 115 Å². The quantitative estimate of drug-likeness (QED) is 0.185. The number of furan rings is 1. The highest BCUT2D eigenvalue weighted by Crippen LogP contribution is 2.54. The molecule has 2 aliphatic rings. The zero-order chi connectivity index (χ0) is 37.2. The summed E-state index contributed by atoms with van der Waals surface area (Å²) in [4.78, 5) is 2.42. The van der Waals surface area contributed by atoms with E-state index in [-0.39, 0.29) is 10.8 Å². The normalized spacial score (nSPS) is 14.5. The number of nitrogens with two attached hydrogens (primary N) is 1. The Labute approximate surface area is 321 Å². The Kier molecular flexibility index (Phi) is 6.51. The summed E-state index contributed by atoms with van der Waals surface area (Å²) in [5.74, 6) is 0. The van der Waals surface area contributed by atoms with Crippen molar-refractivity contribution in [2.24, 2.45) is 0 Å². The lowest BCUT2D eigenvalue weighted by atomic mass is 9.82. The SMILES string of the molecule is CC1(C)c2ccccc2-c2ccc(N(c3ccc4c(c3)C(C)(C)c3ccccc3-4)c3cc(-c4cc5ccccc5cc4N)cc4c3oc3ccccc34)cc21. The van der Waals surface area contributed by atoms with E-state index in [0.717, 1.165) is 66.6 Å². The molecule has 0 spiro atoms. The van der Waals surface area contributed by atoms with E-state index in [4.69, 9.17) is 10.2 Å². The topological polar surface area (TPSA) is 42.4 Å². The number of para-hydroxylation sites is 1. The molecule has 55 heavy (non-hydrogen) atoms. The number of hydrogen-bond acceptors (Lipinski definition) is 3. The molecule has 0 saturated carbocycles. The molecule has 0 unspecified atom stereocenters. The summed E-state index contributed by atoms with van der Waals surface area (Å²) in [6, 6.07) is 57.4. The average molecular weight is 709 g/mol. The van der Waals surface area contributed by atoms with Gasteiger partial charge in [0.2, 0.25) is 0 Å². The van der Waals surface area contributed by atoms with Crippen LogP contribution >= 0.6 is 0 Å². The standard InChI is InChI=1S/C52H40N2O/c1-51(2)43-18-10-7-15-36(43)38-23-21-34(29-45(38)51)54(35-22-24-39-37-16-8-11-19-44(37)52(3,4)46(39)30-35)48-28-33(26-42-40-17-9-12-20-49(40)55-50(42)48)41-25-31-13-5-6-14-32(31)27-47(41)53/h5-30H,53H2,1-4H3. The first kappa shape index (κ1) is 31.9. The molecule has 11 rings (SSSR count). The molecule has 2 N–H and O–H groups in total. The van der Waals surface area contributed by atoms with E-state index < -0.39 is 0 Å². The van der Waals surface area contributed by atoms with Gasteiger partial charge in [-0.2, -0.15) is 0 Å². The van der Waals surface area contributed by atoms with Gasteiger partial charge in [-0.1, -0.05) is 131 Å². The van der Waals surface area contributed by atoms with Crippen molar-refractivity contribution in [3.05, 3.63) is 180 Å². The molecule has 0 fully saturated rings. The molecule has 0 amide bonds. The Morgan fingerprint density at radius 1 is 0.455 bits per heavy atom. The maximum atomic E-state index is 6.93. The lowest BCUT2D eigenvalue weighted by molar-refractivity contribution is 0.659. The van der Waals surface area contributed by atoms with Crippen molar-refractivity contribution in [3.63, 3.8) is 0 Å². The molecule has 0 saturated heterocycles. The smallest absolute Gasteiger partial charge is 0.159 e. The van der Waals surface area contributed by atoms with Gasteiger partial charge in [0.15, 0.2) is 5.58 Å². The molecule has 2 aliphatic carbocycles. The highest BCUT2D eigenvalue weighted by molar-refractivity contribution is 6.13. The van der Waals surface area contributed by atoms with Crippen LogP contribution in [0.3, 0.4) is 0 Å². The van der Waals surface area contributed by atoms with Gasteiger partial charge in [-0.25, -0.2) is 0 Å². The van der Waals surface area contributed by atoms with Crippen LogP contribution in [0.4, 0.5) is 22.7 Å². The Hall–Kier alpha value is -6.58. The minimum atomic E-state index is -0.161. The van der Waals surface area contributed by atoms with Gasteiger partial charge in [-0.15, -0.1) is 0 Å². The molecule has 9 aromatic rings. The van der Waals surface area contributed by atoms with Gasteiger partial charge in [-0.3, -0.25) is 0 Å². The third-order valence-corrected chi connectivity index (χ3v) is 12.6. The average Bonchev–Trinajstić information content (AvgIpc) is 3.77. The Bertz CT molecular complexity index is 2960. The zero-order valence-electron chi connectivity index (χ0n) is 31.4. The molecule has 0 bridgehead atoms. The third kappa shape index (κ3) is 4.50. The van der Waals surface area contributed by atoms with E-state index >= 15 is 0 Å². The summed E-state index contributed by atoms with van der Waals surface area (Å²) in [7, 11) is 0. The second kappa shape index (κ2) is 11.2. The molecule has 264 valence electrons. The van der Waals surface area contributed by atoms with Gasteiger partial charge >= 0.3 is 0 Å². The number of rotatable bonds is 4. The van der Waals surface area contributed by atoms with Crippen LogP contribution in [0.1, 0.15) is 49.9 Å². The summed E-state index contributed by atoms with van der Waals surface area (Å²) < 4.78 is 6.89. The molecule has 1 heterocycles. The van der Waals surface area contributed by atoms with Crippen LogP contribution in [0, 0.1) is 0 Å². The van der Waals surface area contributed by atoms with Crippen molar-refractivity contribution in [3.8, 4) is 33.4 Å². The predicted octanol–water partition coefficient (Wildman–Crippen LogP) is 14.1. The Morgan fingerprint density at radius 2 is 0.982 bits per heavy atom. The monoisotopic (exact) mass is 708 g/mol. The first-order chi connectivity index (χ1) is 26.7. The predicted molar refractivity (Wildman–Crippen MR) is 231 cm³/mol. The molecule has 3 heteroatoms. The van der Waals surface area contributed by atoms with Gasteiger partial charge in [0.05, 0.1) is 5.69 Å². The van der Waals surface area contributed by atoms with Crippen LogP contribution in [0.5, 0.6) is 0 Å². The number of hydrogen-bond donors (Lipinski definition) is 1. The van der Waals surface area contributed by atoms with Crippen molar-refractivity contribution in [1.82, 2.24) is 0 Å². The van der Waals surface area contributed by atoms with Gasteiger partial charge < -0.3 is 15.1 Å². The van der Waals surface area contributed by atoms with Crippen molar-refractivity contribution < 1.29 is 4.42 Å². The molecule has 0 radical (unpaired) electrons. The fourth-order valence-electron chi connectivity index (χ4n) is 9.73. The Morgan fingerprint density at radius 3 is 1.62 bits per heavy atom. The largest absolute Gasteiger partial charge is 0.454 e. The summed E-state index contributed by atoms with van der Waals surface area (Å²) in [6.45, 7) is 9.39. The first-order valence-electron chi connectivity index (χ1n) is 19.2.